The second-order valence-electron chi connectivity index (χ2n) is 7.48. The zero-order chi connectivity index (χ0) is 20.4. The Morgan fingerprint density at radius 2 is 1.93 bits per heavy atom. The van der Waals surface area contributed by atoms with Crippen LogP contribution in [0, 0.1) is 11.8 Å². The zero-order valence-electron chi connectivity index (χ0n) is 16.1. The van der Waals surface area contributed by atoms with Gasteiger partial charge in [-0.05, 0) is 37.3 Å². The molecule has 0 aliphatic heterocycles. The van der Waals surface area contributed by atoms with Crippen LogP contribution in [-0.2, 0) is 4.79 Å². The molecule has 1 aromatic rings. The van der Waals surface area contributed by atoms with Crippen molar-refractivity contribution in [1.29, 1.82) is 0 Å². The summed E-state index contributed by atoms with van der Waals surface area (Å²) in [4.78, 5) is 10.8. The lowest BCUT2D eigenvalue weighted by Gasteiger charge is -2.21. The molecule has 2 rings (SSSR count). The first-order chi connectivity index (χ1) is 13.5. The number of carboxylic acids is 1. The molecule has 0 amide bonds. The van der Waals surface area contributed by atoms with Gasteiger partial charge in [-0.1, -0.05) is 65.5 Å². The van der Waals surface area contributed by atoms with Gasteiger partial charge in [0.05, 0.1) is 6.10 Å². The molecule has 156 valence electrons. The molecular weight excluding hydrogens is 424 g/mol. The predicted octanol–water partition coefficient (Wildman–Crippen LogP) is 4.17. The Morgan fingerprint density at radius 3 is 2.64 bits per heavy atom. The van der Waals surface area contributed by atoms with Crippen molar-refractivity contribution in [2.24, 2.45) is 11.8 Å². The lowest BCUT2D eigenvalue weighted by Crippen LogP contribution is -2.20. The van der Waals surface area contributed by atoms with Crippen LogP contribution in [0.15, 0.2) is 42.5 Å². The molecule has 1 saturated carbocycles. The quantitative estimate of drug-likeness (QED) is 0.250. The van der Waals surface area contributed by atoms with Crippen LogP contribution in [0.4, 0.5) is 0 Å². The van der Waals surface area contributed by atoms with E-state index in [1.807, 2.05) is 36.4 Å². The number of hydrogen-bond donors (Lipinski definition) is 3. The molecule has 0 radical (unpaired) electrons. The van der Waals surface area contributed by atoms with Crippen LogP contribution >= 0.6 is 15.9 Å². The Balaban J connectivity index is 1.76. The van der Waals surface area contributed by atoms with Crippen LogP contribution < -0.4 is 4.74 Å². The van der Waals surface area contributed by atoms with Crippen molar-refractivity contribution in [3.05, 3.63) is 42.5 Å². The highest BCUT2D eigenvalue weighted by Crippen LogP contribution is 2.41. The van der Waals surface area contributed by atoms with E-state index in [0.29, 0.717) is 12.3 Å². The maximum Gasteiger partial charge on any atom is 0.303 e. The Bertz CT molecular complexity index is 606. The van der Waals surface area contributed by atoms with Crippen LogP contribution in [0.1, 0.15) is 44.9 Å². The maximum atomic E-state index is 10.5. The molecule has 0 heterocycles. The van der Waals surface area contributed by atoms with Gasteiger partial charge in [-0.2, -0.15) is 0 Å². The first kappa shape index (κ1) is 22.9. The molecule has 0 saturated heterocycles. The highest BCUT2D eigenvalue weighted by molar-refractivity contribution is 9.09. The summed E-state index contributed by atoms with van der Waals surface area (Å²) < 4.78 is 5.56. The summed E-state index contributed by atoms with van der Waals surface area (Å²) in [7, 11) is 0. The van der Waals surface area contributed by atoms with Crippen molar-refractivity contribution in [1.82, 2.24) is 0 Å². The minimum Gasteiger partial charge on any atom is -0.491 e. The number of ether oxygens (including phenoxy) is 1. The van der Waals surface area contributed by atoms with Gasteiger partial charge < -0.3 is 20.1 Å². The van der Waals surface area contributed by atoms with Crippen LogP contribution in [-0.4, -0.2) is 44.9 Å². The summed E-state index contributed by atoms with van der Waals surface area (Å²) in [5, 5.41) is 29.2. The van der Waals surface area contributed by atoms with Gasteiger partial charge in [0, 0.05) is 17.2 Å². The van der Waals surface area contributed by atoms with Gasteiger partial charge in [-0.15, -0.1) is 0 Å². The van der Waals surface area contributed by atoms with E-state index in [1.165, 1.54) is 0 Å². The average molecular weight is 455 g/mol. The third-order valence-electron chi connectivity index (χ3n) is 5.27. The summed E-state index contributed by atoms with van der Waals surface area (Å²) in [6.45, 7) is 0.176. The fraction of sp³-hybridized carbons (Fsp3) is 0.591. The topological polar surface area (TPSA) is 87.0 Å². The minimum atomic E-state index is -0.737. The Labute approximate surface area is 175 Å². The molecular formula is C22H31BrO5. The van der Waals surface area contributed by atoms with Crippen LogP contribution in [0.2, 0.25) is 0 Å². The predicted molar refractivity (Wildman–Crippen MR) is 113 cm³/mol. The van der Waals surface area contributed by atoms with Crippen LogP contribution in [0.25, 0.3) is 0 Å². The molecule has 0 spiro atoms. The van der Waals surface area contributed by atoms with Crippen LogP contribution in [0.3, 0.4) is 0 Å². The summed E-state index contributed by atoms with van der Waals surface area (Å²) in [6.07, 6.45) is 8.09. The number of carbonyl (C=O) groups is 1. The Morgan fingerprint density at radius 1 is 1.21 bits per heavy atom. The third kappa shape index (κ3) is 7.94. The highest BCUT2D eigenvalue weighted by Gasteiger charge is 2.39. The van der Waals surface area contributed by atoms with Gasteiger partial charge in [0.15, 0.2) is 0 Å². The van der Waals surface area contributed by atoms with Gasteiger partial charge in [-0.25, -0.2) is 0 Å². The van der Waals surface area contributed by atoms with E-state index in [-0.39, 0.29) is 23.8 Å². The number of hydrogen-bond acceptors (Lipinski definition) is 4. The van der Waals surface area contributed by atoms with Crippen molar-refractivity contribution in [2.75, 3.05) is 6.61 Å². The SMILES string of the molecule is O=C(O)CCCCCC[C@@H]1[C@@H](C=C[C@@H](O)COc2ccccc2)[C@H](O)C[C@H]1Br. The molecule has 1 fully saturated rings. The first-order valence-corrected chi connectivity index (χ1v) is 11.0. The zero-order valence-corrected chi connectivity index (χ0v) is 17.7. The fourth-order valence-corrected chi connectivity index (χ4v) is 4.75. The number of halogens is 1. The van der Waals surface area contributed by atoms with Crippen molar-refractivity contribution in [3.8, 4) is 5.75 Å². The summed E-state index contributed by atoms with van der Waals surface area (Å²) in [6, 6.07) is 9.37. The molecule has 3 N–H and O–H groups in total. The molecule has 0 bridgehead atoms. The second-order valence-corrected chi connectivity index (χ2v) is 8.66. The van der Waals surface area contributed by atoms with E-state index >= 15 is 0 Å². The maximum absolute atomic E-state index is 10.5. The van der Waals surface area contributed by atoms with E-state index in [9.17, 15) is 15.0 Å². The molecule has 1 aliphatic rings. The third-order valence-corrected chi connectivity index (χ3v) is 6.32. The molecule has 0 aromatic heterocycles. The normalized spacial score (nSPS) is 25.8. The molecule has 28 heavy (non-hydrogen) atoms. The summed E-state index contributed by atoms with van der Waals surface area (Å²) in [5.74, 6) is 0.305. The number of benzene rings is 1. The molecule has 5 atom stereocenters. The number of alkyl halides is 1. The van der Waals surface area contributed by atoms with Crippen molar-refractivity contribution >= 4 is 21.9 Å². The van der Waals surface area contributed by atoms with Crippen LogP contribution in [0.5, 0.6) is 5.75 Å². The number of rotatable bonds is 12. The second kappa shape index (κ2) is 12.2. The minimum absolute atomic E-state index is 0.00905. The number of aliphatic carboxylic acids is 1. The van der Waals surface area contributed by atoms with E-state index in [2.05, 4.69) is 15.9 Å². The molecule has 5 nitrogen and oxygen atoms in total. The number of unbranched alkanes of at least 4 members (excludes halogenated alkanes) is 3. The number of carboxylic acid groups (broad SMARTS) is 1. The molecule has 1 aromatic carbocycles. The number of aliphatic hydroxyl groups excluding tert-OH is 2. The Hall–Kier alpha value is -1.37. The fourth-order valence-electron chi connectivity index (χ4n) is 3.75. The van der Waals surface area contributed by atoms with Gasteiger partial charge in [0.2, 0.25) is 0 Å². The van der Waals surface area contributed by atoms with Gasteiger partial charge in [0.1, 0.15) is 18.5 Å². The van der Waals surface area contributed by atoms with E-state index in [1.54, 1.807) is 6.08 Å². The van der Waals surface area contributed by atoms with Gasteiger partial charge >= 0.3 is 5.97 Å². The summed E-state index contributed by atoms with van der Waals surface area (Å²) >= 11 is 3.70. The van der Waals surface area contributed by atoms with Crippen molar-refractivity contribution in [2.45, 2.75) is 62.0 Å². The average Bonchev–Trinajstić information content (AvgIpc) is 2.94. The largest absolute Gasteiger partial charge is 0.491 e. The molecule has 6 heteroatoms. The van der Waals surface area contributed by atoms with Gasteiger partial charge in [-0.3, -0.25) is 4.79 Å². The molecule has 1 aliphatic carbocycles. The lowest BCUT2D eigenvalue weighted by atomic mass is 9.89. The van der Waals surface area contributed by atoms with Crippen molar-refractivity contribution in [3.63, 3.8) is 0 Å². The standard InChI is InChI=1S/C22H31BrO5/c23-20-14-21(25)19(18(20)10-6-1-2-7-11-22(26)27)13-12-16(24)15-28-17-8-4-3-5-9-17/h3-5,8-9,12-13,16,18-21,24-25H,1-2,6-7,10-11,14-15H2,(H,26,27)/t16-,18-,19-,20-,21-/m1/s1. The first-order valence-electron chi connectivity index (χ1n) is 10.1. The molecule has 0 unspecified atom stereocenters. The summed E-state index contributed by atoms with van der Waals surface area (Å²) in [5.41, 5.74) is 0. The smallest absolute Gasteiger partial charge is 0.303 e. The van der Waals surface area contributed by atoms with Gasteiger partial charge in [0.25, 0.3) is 0 Å². The van der Waals surface area contributed by atoms with E-state index in [4.69, 9.17) is 9.84 Å². The monoisotopic (exact) mass is 454 g/mol. The van der Waals surface area contributed by atoms with E-state index in [0.717, 1.165) is 37.9 Å². The van der Waals surface area contributed by atoms with E-state index < -0.39 is 18.2 Å². The number of para-hydroxylation sites is 1. The number of aliphatic hydroxyl groups is 2. The highest BCUT2D eigenvalue weighted by atomic mass is 79.9. The Kier molecular flexibility index (Phi) is 10.0. The van der Waals surface area contributed by atoms with Crippen molar-refractivity contribution < 1.29 is 24.9 Å². The lowest BCUT2D eigenvalue weighted by molar-refractivity contribution is -0.137.